The zero-order valence-electron chi connectivity index (χ0n) is 9.49. The maximum Gasteiger partial charge on any atom is 0.119 e. The van der Waals surface area contributed by atoms with Crippen molar-refractivity contribution in [2.45, 2.75) is 38.2 Å². The maximum atomic E-state index is 5.74. The third kappa shape index (κ3) is 2.51. The van der Waals surface area contributed by atoms with E-state index in [2.05, 4.69) is 26.0 Å². The number of hydrogen-bond acceptors (Lipinski definition) is 2. The molecule has 0 atom stereocenters. The van der Waals surface area contributed by atoms with Crippen molar-refractivity contribution in [3.8, 4) is 5.75 Å². The Bertz CT molecular complexity index is 325. The minimum Gasteiger partial charge on any atom is -0.490 e. The van der Waals surface area contributed by atoms with Crippen LogP contribution in [0.1, 0.15) is 32.3 Å². The molecule has 1 aromatic carbocycles. The number of benzene rings is 1. The molecule has 0 aromatic heterocycles. The molecule has 2 rings (SSSR count). The normalized spacial score (nSPS) is 16.5. The first-order chi connectivity index (χ1) is 7.12. The summed E-state index contributed by atoms with van der Waals surface area (Å²) in [6.45, 7) is 4.98. The Kier molecular flexibility index (Phi) is 2.70. The first kappa shape index (κ1) is 10.5. The van der Waals surface area contributed by atoms with Gasteiger partial charge in [-0.15, -0.1) is 0 Å². The first-order valence-electron chi connectivity index (χ1n) is 5.59. The summed E-state index contributed by atoms with van der Waals surface area (Å²) in [5.41, 5.74) is 7.06. The summed E-state index contributed by atoms with van der Waals surface area (Å²) >= 11 is 0. The van der Waals surface area contributed by atoms with Gasteiger partial charge in [-0.05, 0) is 30.5 Å². The van der Waals surface area contributed by atoms with Crippen molar-refractivity contribution < 1.29 is 4.74 Å². The summed E-state index contributed by atoms with van der Waals surface area (Å²) in [4.78, 5) is 0. The molecule has 1 saturated carbocycles. The molecule has 2 heteroatoms. The molecule has 1 fully saturated rings. The van der Waals surface area contributed by atoms with Crippen molar-refractivity contribution in [2.24, 2.45) is 5.73 Å². The summed E-state index contributed by atoms with van der Waals surface area (Å²) in [7, 11) is 0. The van der Waals surface area contributed by atoms with Gasteiger partial charge in [-0.1, -0.05) is 26.0 Å². The Labute approximate surface area is 91.4 Å². The van der Waals surface area contributed by atoms with E-state index in [0.717, 1.165) is 5.75 Å². The van der Waals surface area contributed by atoms with E-state index in [1.54, 1.807) is 0 Å². The molecule has 0 saturated heterocycles. The number of hydrogen-bond donors (Lipinski definition) is 1. The number of ether oxygens (including phenoxy) is 1. The fourth-order valence-corrected chi connectivity index (χ4v) is 1.48. The van der Waals surface area contributed by atoms with Crippen LogP contribution in [-0.2, 0) is 5.41 Å². The Morgan fingerprint density at radius 2 is 1.87 bits per heavy atom. The second-order valence-corrected chi connectivity index (χ2v) is 4.93. The van der Waals surface area contributed by atoms with E-state index in [1.807, 2.05) is 12.1 Å². The van der Waals surface area contributed by atoms with E-state index in [0.29, 0.717) is 12.6 Å². The van der Waals surface area contributed by atoms with Gasteiger partial charge in [-0.2, -0.15) is 0 Å². The Morgan fingerprint density at radius 1 is 1.27 bits per heavy atom. The highest BCUT2D eigenvalue weighted by atomic mass is 16.5. The molecule has 2 nitrogen and oxygen atoms in total. The molecule has 1 aliphatic rings. The van der Waals surface area contributed by atoms with Crippen molar-refractivity contribution in [3.05, 3.63) is 29.8 Å². The minimum absolute atomic E-state index is 0.0537. The van der Waals surface area contributed by atoms with Gasteiger partial charge >= 0.3 is 0 Å². The van der Waals surface area contributed by atoms with Gasteiger partial charge < -0.3 is 10.5 Å². The molecule has 2 N–H and O–H groups in total. The molecule has 0 spiro atoms. The molecular formula is C13H19NO. The molecule has 15 heavy (non-hydrogen) atoms. The van der Waals surface area contributed by atoms with Crippen molar-refractivity contribution in [1.29, 1.82) is 0 Å². The van der Waals surface area contributed by atoms with Crippen LogP contribution in [0.3, 0.4) is 0 Å². The van der Waals surface area contributed by atoms with Gasteiger partial charge in [0.15, 0.2) is 0 Å². The molecule has 82 valence electrons. The van der Waals surface area contributed by atoms with Crippen molar-refractivity contribution in [3.63, 3.8) is 0 Å². The topological polar surface area (TPSA) is 35.2 Å². The summed E-state index contributed by atoms with van der Waals surface area (Å²) in [5.74, 6) is 0.981. The van der Waals surface area contributed by atoms with Crippen LogP contribution in [0.2, 0.25) is 0 Å². The summed E-state index contributed by atoms with van der Waals surface area (Å²) in [6, 6.07) is 8.32. The van der Waals surface area contributed by atoms with E-state index in [9.17, 15) is 0 Å². The van der Waals surface area contributed by atoms with Crippen LogP contribution in [0.15, 0.2) is 24.3 Å². The van der Waals surface area contributed by atoms with E-state index < -0.39 is 0 Å². The quantitative estimate of drug-likeness (QED) is 0.819. The van der Waals surface area contributed by atoms with Crippen LogP contribution >= 0.6 is 0 Å². The van der Waals surface area contributed by atoms with Crippen LogP contribution in [0, 0.1) is 0 Å². The van der Waals surface area contributed by atoms with Crippen LogP contribution in [0.5, 0.6) is 5.75 Å². The van der Waals surface area contributed by atoms with Gasteiger partial charge in [0.25, 0.3) is 0 Å². The number of rotatable bonds is 4. The van der Waals surface area contributed by atoms with Gasteiger partial charge in [0.05, 0.1) is 6.10 Å². The summed E-state index contributed by atoms with van der Waals surface area (Å²) in [6.07, 6.45) is 2.88. The molecule has 1 aliphatic carbocycles. The third-order valence-electron chi connectivity index (χ3n) is 2.97. The largest absolute Gasteiger partial charge is 0.490 e. The molecular weight excluding hydrogens is 186 g/mol. The average molecular weight is 205 g/mol. The Balaban J connectivity index is 2.08. The third-order valence-corrected chi connectivity index (χ3v) is 2.97. The second kappa shape index (κ2) is 3.86. The molecule has 0 radical (unpaired) electrons. The van der Waals surface area contributed by atoms with Gasteiger partial charge in [-0.3, -0.25) is 0 Å². The van der Waals surface area contributed by atoms with E-state index in [1.165, 1.54) is 18.4 Å². The van der Waals surface area contributed by atoms with Gasteiger partial charge in [-0.25, -0.2) is 0 Å². The highest BCUT2D eigenvalue weighted by Crippen LogP contribution is 2.28. The molecule has 0 amide bonds. The summed E-state index contributed by atoms with van der Waals surface area (Å²) < 4.78 is 5.70. The SMILES string of the molecule is CC(C)(CN)c1ccc(OC2CC2)cc1. The standard InChI is InChI=1S/C13H19NO/c1-13(2,9-14)10-3-5-11(6-4-10)15-12-7-8-12/h3-6,12H,7-9,14H2,1-2H3. The van der Waals surface area contributed by atoms with E-state index in [-0.39, 0.29) is 5.41 Å². The van der Waals surface area contributed by atoms with Crippen molar-refractivity contribution in [2.75, 3.05) is 6.54 Å². The lowest BCUT2D eigenvalue weighted by Crippen LogP contribution is -2.27. The van der Waals surface area contributed by atoms with Crippen molar-refractivity contribution >= 4 is 0 Å². The molecule has 0 bridgehead atoms. The lowest BCUT2D eigenvalue weighted by Gasteiger charge is -2.23. The highest BCUT2D eigenvalue weighted by Gasteiger charge is 2.24. The predicted molar refractivity (Wildman–Crippen MR) is 62.2 cm³/mol. The Hall–Kier alpha value is -1.02. The van der Waals surface area contributed by atoms with Crippen LogP contribution in [0.25, 0.3) is 0 Å². The lowest BCUT2D eigenvalue weighted by atomic mass is 9.85. The van der Waals surface area contributed by atoms with Gasteiger partial charge in [0, 0.05) is 12.0 Å². The van der Waals surface area contributed by atoms with Gasteiger partial charge in [0.2, 0.25) is 0 Å². The van der Waals surface area contributed by atoms with E-state index in [4.69, 9.17) is 10.5 Å². The maximum absolute atomic E-state index is 5.74. The smallest absolute Gasteiger partial charge is 0.119 e. The average Bonchev–Trinajstić information content (AvgIpc) is 3.03. The zero-order chi connectivity index (χ0) is 10.9. The van der Waals surface area contributed by atoms with Crippen LogP contribution in [-0.4, -0.2) is 12.6 Å². The predicted octanol–water partition coefficient (Wildman–Crippen LogP) is 2.46. The molecule has 0 heterocycles. The first-order valence-corrected chi connectivity index (χ1v) is 5.59. The second-order valence-electron chi connectivity index (χ2n) is 4.93. The van der Waals surface area contributed by atoms with Crippen LogP contribution < -0.4 is 10.5 Å². The lowest BCUT2D eigenvalue weighted by molar-refractivity contribution is 0.303. The molecule has 0 aliphatic heterocycles. The fourth-order valence-electron chi connectivity index (χ4n) is 1.48. The molecule has 0 unspecified atom stereocenters. The van der Waals surface area contributed by atoms with E-state index >= 15 is 0 Å². The minimum atomic E-state index is 0.0537. The monoisotopic (exact) mass is 205 g/mol. The molecule has 1 aromatic rings. The fraction of sp³-hybridized carbons (Fsp3) is 0.538. The van der Waals surface area contributed by atoms with Crippen LogP contribution in [0.4, 0.5) is 0 Å². The van der Waals surface area contributed by atoms with Gasteiger partial charge in [0.1, 0.15) is 5.75 Å². The zero-order valence-corrected chi connectivity index (χ0v) is 9.49. The Morgan fingerprint density at radius 3 is 2.33 bits per heavy atom. The van der Waals surface area contributed by atoms with Crippen molar-refractivity contribution in [1.82, 2.24) is 0 Å². The number of nitrogens with two attached hydrogens (primary N) is 1. The highest BCUT2D eigenvalue weighted by molar-refractivity contribution is 5.32. The summed E-state index contributed by atoms with van der Waals surface area (Å²) in [5, 5.41) is 0.